The largest absolute Gasteiger partial charge is 0.426 e. The number of para-hydroxylation sites is 1. The second-order valence-electron chi connectivity index (χ2n) is 7.05. The van der Waals surface area contributed by atoms with Crippen LogP contribution in [0.2, 0.25) is 0 Å². The Morgan fingerprint density at radius 3 is 2.55 bits per heavy atom. The fourth-order valence-electron chi connectivity index (χ4n) is 3.53. The van der Waals surface area contributed by atoms with E-state index >= 15 is 0 Å². The van der Waals surface area contributed by atoms with E-state index in [4.69, 9.17) is 4.74 Å². The molecule has 29 heavy (non-hydrogen) atoms. The lowest BCUT2D eigenvalue weighted by molar-refractivity contribution is -0.131. The molecule has 0 spiro atoms. The molecule has 1 aliphatic carbocycles. The monoisotopic (exact) mass is 401 g/mol. The topological polar surface area (TPSA) is 57.0 Å². The Morgan fingerprint density at radius 2 is 1.76 bits per heavy atom. The Labute approximate surface area is 172 Å². The van der Waals surface area contributed by atoms with Gasteiger partial charge < -0.3 is 4.74 Å². The van der Waals surface area contributed by atoms with E-state index in [1.807, 2.05) is 22.8 Å². The molecule has 0 atom stereocenters. The van der Waals surface area contributed by atoms with Gasteiger partial charge in [0.2, 0.25) is 0 Å². The van der Waals surface area contributed by atoms with Crippen molar-refractivity contribution in [1.82, 2.24) is 14.8 Å². The first-order valence-electron chi connectivity index (χ1n) is 9.60. The predicted molar refractivity (Wildman–Crippen MR) is 114 cm³/mol. The fourth-order valence-corrected chi connectivity index (χ4v) is 4.22. The third-order valence-electron chi connectivity index (χ3n) is 5.02. The summed E-state index contributed by atoms with van der Waals surface area (Å²) in [6.07, 6.45) is 4.23. The van der Waals surface area contributed by atoms with Crippen molar-refractivity contribution in [3.63, 3.8) is 0 Å². The zero-order chi connectivity index (χ0) is 19.6. The third kappa shape index (κ3) is 3.76. The number of hydrogen-bond acceptors (Lipinski definition) is 5. The minimum atomic E-state index is -0.315. The SMILES string of the molecule is O=C(CSc1nncn1-c1ccc(C2CC2)c2ccccc12)Oc1ccccc1. The molecule has 0 aliphatic heterocycles. The Bertz CT molecular complexity index is 1170. The van der Waals surface area contributed by atoms with E-state index in [1.165, 1.54) is 40.9 Å². The molecule has 1 heterocycles. The quantitative estimate of drug-likeness (QED) is 0.259. The molecule has 0 unspecified atom stereocenters. The number of rotatable bonds is 6. The molecule has 5 nitrogen and oxygen atoms in total. The van der Waals surface area contributed by atoms with Gasteiger partial charge >= 0.3 is 5.97 Å². The first-order valence-corrected chi connectivity index (χ1v) is 10.6. The van der Waals surface area contributed by atoms with Gasteiger partial charge in [-0.2, -0.15) is 0 Å². The fraction of sp³-hybridized carbons (Fsp3) is 0.174. The van der Waals surface area contributed by atoms with Crippen LogP contribution in [0.15, 0.2) is 78.2 Å². The van der Waals surface area contributed by atoms with E-state index < -0.39 is 0 Å². The van der Waals surface area contributed by atoms with Crippen molar-refractivity contribution >= 4 is 28.5 Å². The van der Waals surface area contributed by atoms with Crippen LogP contribution >= 0.6 is 11.8 Å². The van der Waals surface area contributed by atoms with Gasteiger partial charge in [-0.25, -0.2) is 0 Å². The van der Waals surface area contributed by atoms with Gasteiger partial charge in [-0.15, -0.1) is 10.2 Å². The molecule has 0 saturated heterocycles. The molecular weight excluding hydrogens is 382 g/mol. The normalized spacial score (nSPS) is 13.5. The van der Waals surface area contributed by atoms with Gasteiger partial charge in [0.05, 0.1) is 11.4 Å². The van der Waals surface area contributed by atoms with Crippen molar-refractivity contribution in [3.05, 3.63) is 78.6 Å². The molecule has 144 valence electrons. The molecule has 3 aromatic carbocycles. The Hall–Kier alpha value is -3.12. The third-order valence-corrected chi connectivity index (χ3v) is 5.94. The average Bonchev–Trinajstić information content (AvgIpc) is 3.50. The number of benzene rings is 3. The minimum absolute atomic E-state index is 0.158. The number of hydrogen-bond donors (Lipinski definition) is 0. The lowest BCUT2D eigenvalue weighted by atomic mass is 9.99. The van der Waals surface area contributed by atoms with Gasteiger partial charge in [0, 0.05) is 5.39 Å². The predicted octanol–water partition coefficient (Wildman–Crippen LogP) is 5.00. The van der Waals surface area contributed by atoms with Crippen LogP contribution in [0.3, 0.4) is 0 Å². The number of thioether (sulfide) groups is 1. The standard InChI is InChI=1S/C23H19N3O2S/c27-22(28-17-6-2-1-3-7-17)14-29-23-25-24-15-26(23)21-13-12-18(16-10-11-16)19-8-4-5-9-20(19)21/h1-9,12-13,15-16H,10-11,14H2. The van der Waals surface area contributed by atoms with Crippen molar-refractivity contribution in [2.75, 3.05) is 5.75 Å². The van der Waals surface area contributed by atoms with Crippen molar-refractivity contribution < 1.29 is 9.53 Å². The summed E-state index contributed by atoms with van der Waals surface area (Å²) >= 11 is 1.32. The average molecular weight is 401 g/mol. The van der Waals surface area contributed by atoms with Crippen LogP contribution in [0, 0.1) is 0 Å². The molecule has 6 heteroatoms. The Morgan fingerprint density at radius 1 is 1.00 bits per heavy atom. The van der Waals surface area contributed by atoms with Crippen molar-refractivity contribution in [2.24, 2.45) is 0 Å². The van der Waals surface area contributed by atoms with Crippen LogP contribution < -0.4 is 4.74 Å². The number of carbonyl (C=O) groups is 1. The molecule has 4 aromatic rings. The number of aromatic nitrogens is 3. The molecule has 1 aromatic heterocycles. The van der Waals surface area contributed by atoms with Crippen LogP contribution in [0.1, 0.15) is 24.3 Å². The maximum atomic E-state index is 12.2. The van der Waals surface area contributed by atoms with Gasteiger partial charge in [-0.05, 0) is 47.9 Å². The van der Waals surface area contributed by atoms with E-state index in [2.05, 4.69) is 46.6 Å². The van der Waals surface area contributed by atoms with Crippen LogP contribution in [-0.2, 0) is 4.79 Å². The van der Waals surface area contributed by atoms with E-state index in [0.717, 1.165) is 5.69 Å². The molecule has 1 fully saturated rings. The first-order chi connectivity index (χ1) is 14.3. The summed E-state index contributed by atoms with van der Waals surface area (Å²) in [5.41, 5.74) is 2.44. The second-order valence-corrected chi connectivity index (χ2v) is 8.00. The zero-order valence-corrected chi connectivity index (χ0v) is 16.5. The molecule has 1 aliphatic rings. The number of carbonyl (C=O) groups excluding carboxylic acids is 1. The highest BCUT2D eigenvalue weighted by molar-refractivity contribution is 7.99. The molecule has 0 radical (unpaired) electrons. The molecule has 1 saturated carbocycles. The Kier molecular flexibility index (Phi) is 4.77. The molecule has 0 amide bonds. The highest BCUT2D eigenvalue weighted by atomic mass is 32.2. The van der Waals surface area contributed by atoms with Crippen molar-refractivity contribution in [1.29, 1.82) is 0 Å². The van der Waals surface area contributed by atoms with Gasteiger partial charge in [-0.1, -0.05) is 60.3 Å². The molecule has 0 bridgehead atoms. The van der Waals surface area contributed by atoms with E-state index in [9.17, 15) is 4.79 Å². The lowest BCUT2D eigenvalue weighted by Crippen LogP contribution is -2.11. The number of nitrogens with zero attached hydrogens (tertiary/aromatic N) is 3. The molecule has 5 rings (SSSR count). The summed E-state index contributed by atoms with van der Waals surface area (Å²) in [4.78, 5) is 12.2. The maximum absolute atomic E-state index is 12.2. The van der Waals surface area contributed by atoms with Crippen LogP contribution in [0.25, 0.3) is 16.5 Å². The molecular formula is C23H19N3O2S. The van der Waals surface area contributed by atoms with Gasteiger partial charge in [0.1, 0.15) is 12.1 Å². The van der Waals surface area contributed by atoms with Crippen molar-refractivity contribution in [3.8, 4) is 11.4 Å². The molecule has 0 N–H and O–H groups in total. The van der Waals surface area contributed by atoms with Gasteiger partial charge in [0.25, 0.3) is 0 Å². The highest BCUT2D eigenvalue weighted by Gasteiger charge is 2.26. The maximum Gasteiger partial charge on any atom is 0.321 e. The van der Waals surface area contributed by atoms with Gasteiger partial charge in [0.15, 0.2) is 5.16 Å². The second kappa shape index (κ2) is 7.72. The summed E-state index contributed by atoms with van der Waals surface area (Å²) in [6, 6.07) is 21.9. The Balaban J connectivity index is 1.39. The first kappa shape index (κ1) is 17.9. The minimum Gasteiger partial charge on any atom is -0.426 e. The van der Waals surface area contributed by atoms with Crippen LogP contribution in [0.5, 0.6) is 5.75 Å². The smallest absolute Gasteiger partial charge is 0.321 e. The summed E-state index contributed by atoms with van der Waals surface area (Å²) in [7, 11) is 0. The zero-order valence-electron chi connectivity index (χ0n) is 15.7. The van der Waals surface area contributed by atoms with Crippen LogP contribution in [0.4, 0.5) is 0 Å². The van der Waals surface area contributed by atoms with Crippen LogP contribution in [-0.4, -0.2) is 26.5 Å². The number of ether oxygens (including phenoxy) is 1. The van der Waals surface area contributed by atoms with Gasteiger partial charge in [-0.3, -0.25) is 9.36 Å². The number of fused-ring (bicyclic) bond motifs is 1. The lowest BCUT2D eigenvalue weighted by Gasteiger charge is -2.13. The van der Waals surface area contributed by atoms with E-state index in [0.29, 0.717) is 16.8 Å². The summed E-state index contributed by atoms with van der Waals surface area (Å²) in [5.74, 6) is 1.06. The number of esters is 1. The summed E-state index contributed by atoms with van der Waals surface area (Å²) < 4.78 is 7.30. The van der Waals surface area contributed by atoms with E-state index in [1.54, 1.807) is 18.5 Å². The summed E-state index contributed by atoms with van der Waals surface area (Å²) in [6.45, 7) is 0. The highest BCUT2D eigenvalue weighted by Crippen LogP contribution is 2.44. The van der Waals surface area contributed by atoms with Crippen molar-refractivity contribution in [2.45, 2.75) is 23.9 Å². The van der Waals surface area contributed by atoms with E-state index in [-0.39, 0.29) is 11.7 Å². The summed E-state index contributed by atoms with van der Waals surface area (Å²) in [5, 5.41) is 11.4.